The lowest BCUT2D eigenvalue weighted by molar-refractivity contribution is -0.143. The average Bonchev–Trinajstić information content (AvgIpc) is 2.72. The van der Waals surface area contributed by atoms with Crippen molar-refractivity contribution in [3.05, 3.63) is 11.6 Å². The minimum Gasteiger partial charge on any atom is -0.365 e. The Kier molecular flexibility index (Phi) is 3.69. The molecule has 4 atom stereocenters. The van der Waals surface area contributed by atoms with E-state index >= 15 is 0 Å². The first-order valence-corrected chi connectivity index (χ1v) is 6.70. The normalized spacial score (nSPS) is 36.5. The number of carbonyl (C=O) groups is 1. The Labute approximate surface area is 104 Å². The van der Waals surface area contributed by atoms with Crippen LogP contribution in [0.1, 0.15) is 27.7 Å². The van der Waals surface area contributed by atoms with Gasteiger partial charge in [0.05, 0.1) is 12.2 Å². The number of likely N-dealkylation sites (N-methyl/N-ethyl adjacent to an activating group) is 1. The predicted molar refractivity (Wildman–Crippen MR) is 67.9 cm³/mol. The topological polar surface area (TPSA) is 29.5 Å². The molecule has 3 heteroatoms. The lowest BCUT2D eigenvalue weighted by Gasteiger charge is -2.32. The molecule has 0 spiro atoms. The largest absolute Gasteiger partial charge is 0.365 e. The van der Waals surface area contributed by atoms with Crippen molar-refractivity contribution >= 4 is 5.78 Å². The fraction of sp³-hybridized carbons (Fsp3) is 0.786. The van der Waals surface area contributed by atoms with Gasteiger partial charge in [-0.15, -0.1) is 0 Å². The van der Waals surface area contributed by atoms with E-state index in [2.05, 4.69) is 24.8 Å². The zero-order chi connectivity index (χ0) is 12.6. The summed E-state index contributed by atoms with van der Waals surface area (Å²) in [7, 11) is 0. The minimum atomic E-state index is 0.0190. The van der Waals surface area contributed by atoms with Crippen molar-refractivity contribution in [3.63, 3.8) is 0 Å². The van der Waals surface area contributed by atoms with E-state index in [4.69, 9.17) is 4.74 Å². The van der Waals surface area contributed by atoms with E-state index in [1.807, 2.05) is 13.8 Å². The number of hydrogen-bond acceptors (Lipinski definition) is 3. The van der Waals surface area contributed by atoms with Crippen LogP contribution in [-0.4, -0.2) is 42.5 Å². The molecule has 0 N–H and O–H groups in total. The summed E-state index contributed by atoms with van der Waals surface area (Å²) >= 11 is 0. The molecule has 2 rings (SSSR count). The van der Waals surface area contributed by atoms with E-state index in [0.717, 1.165) is 19.6 Å². The van der Waals surface area contributed by atoms with Gasteiger partial charge < -0.3 is 4.74 Å². The summed E-state index contributed by atoms with van der Waals surface area (Å²) in [6.45, 7) is 11.4. The Morgan fingerprint density at radius 2 is 1.88 bits per heavy atom. The molecule has 0 unspecified atom stereocenters. The Hall–Kier alpha value is -0.670. The maximum atomic E-state index is 12.0. The van der Waals surface area contributed by atoms with Gasteiger partial charge in [-0.2, -0.15) is 0 Å². The van der Waals surface area contributed by atoms with Gasteiger partial charge in [-0.3, -0.25) is 9.69 Å². The summed E-state index contributed by atoms with van der Waals surface area (Å²) in [4.78, 5) is 14.4. The van der Waals surface area contributed by atoms with Crippen molar-refractivity contribution in [2.24, 2.45) is 11.8 Å². The van der Waals surface area contributed by atoms with Gasteiger partial charge in [0.1, 0.15) is 5.78 Å². The predicted octanol–water partition coefficient (Wildman–Crippen LogP) is 1.88. The molecule has 0 aromatic rings. The molecule has 2 bridgehead atoms. The number of carbonyl (C=O) groups excluding carboxylic acids is 1. The van der Waals surface area contributed by atoms with Crippen LogP contribution in [0, 0.1) is 11.8 Å². The van der Waals surface area contributed by atoms with Crippen LogP contribution in [0.5, 0.6) is 0 Å². The van der Waals surface area contributed by atoms with Crippen molar-refractivity contribution in [2.45, 2.75) is 39.9 Å². The maximum Gasteiger partial charge on any atom is 0.144 e. The quantitative estimate of drug-likeness (QED) is 0.699. The van der Waals surface area contributed by atoms with Crippen molar-refractivity contribution in [3.8, 4) is 0 Å². The summed E-state index contributed by atoms with van der Waals surface area (Å²) < 4.78 is 5.95. The summed E-state index contributed by atoms with van der Waals surface area (Å²) in [5.74, 6) is 0.401. The van der Waals surface area contributed by atoms with Gasteiger partial charge >= 0.3 is 0 Å². The number of rotatable bonds is 4. The number of Topliss-reactive ketones (excluding diaryl/α,β-unsaturated/α-hetero) is 1. The highest BCUT2D eigenvalue weighted by Gasteiger charge is 2.45. The molecule has 0 aliphatic carbocycles. The van der Waals surface area contributed by atoms with E-state index in [0.29, 0.717) is 5.78 Å². The summed E-state index contributed by atoms with van der Waals surface area (Å²) in [5.41, 5.74) is 1.31. The molecule has 2 heterocycles. The summed E-state index contributed by atoms with van der Waals surface area (Å²) in [5, 5.41) is 0. The molecule has 17 heavy (non-hydrogen) atoms. The zero-order valence-electron chi connectivity index (χ0n) is 11.3. The van der Waals surface area contributed by atoms with Crippen LogP contribution in [0.2, 0.25) is 0 Å². The molecule has 0 aromatic heterocycles. The molecule has 0 amide bonds. The molecule has 0 saturated carbocycles. The maximum absolute atomic E-state index is 12.0. The highest BCUT2D eigenvalue weighted by molar-refractivity contribution is 5.86. The molecule has 1 saturated heterocycles. The molecule has 1 fully saturated rings. The second kappa shape index (κ2) is 4.91. The second-order valence-electron chi connectivity index (χ2n) is 5.20. The van der Waals surface area contributed by atoms with Crippen molar-refractivity contribution in [1.82, 2.24) is 4.90 Å². The first-order chi connectivity index (χ1) is 8.08. The molecule has 2 aliphatic heterocycles. The third-order valence-electron chi connectivity index (χ3n) is 4.19. The SMILES string of the molecule is CCN(CC)CC1=C[C@H]2O[C@@H]1[C@@H](C)C(=O)[C@H]2C. The van der Waals surface area contributed by atoms with Crippen molar-refractivity contribution in [1.29, 1.82) is 0 Å². The third kappa shape index (κ3) is 2.18. The van der Waals surface area contributed by atoms with E-state index < -0.39 is 0 Å². The van der Waals surface area contributed by atoms with Gasteiger partial charge in [0.15, 0.2) is 0 Å². The van der Waals surface area contributed by atoms with E-state index in [9.17, 15) is 4.79 Å². The monoisotopic (exact) mass is 237 g/mol. The van der Waals surface area contributed by atoms with Crippen LogP contribution < -0.4 is 0 Å². The highest BCUT2D eigenvalue weighted by atomic mass is 16.5. The fourth-order valence-electron chi connectivity index (χ4n) is 2.88. The van der Waals surface area contributed by atoms with Crippen LogP contribution in [0.3, 0.4) is 0 Å². The van der Waals surface area contributed by atoms with Crippen LogP contribution in [0.4, 0.5) is 0 Å². The van der Waals surface area contributed by atoms with Gasteiger partial charge in [0, 0.05) is 18.4 Å². The Morgan fingerprint density at radius 1 is 1.24 bits per heavy atom. The summed E-state index contributed by atoms with van der Waals surface area (Å²) in [6, 6.07) is 0. The molecule has 96 valence electrons. The number of ether oxygens (including phenoxy) is 1. The second-order valence-corrected chi connectivity index (χ2v) is 5.20. The van der Waals surface area contributed by atoms with Gasteiger partial charge in [-0.05, 0) is 18.7 Å². The van der Waals surface area contributed by atoms with E-state index in [-0.39, 0.29) is 24.0 Å². The van der Waals surface area contributed by atoms with Crippen LogP contribution in [0.25, 0.3) is 0 Å². The van der Waals surface area contributed by atoms with E-state index in [1.54, 1.807) is 0 Å². The Bertz CT molecular complexity index is 333. The molecule has 3 nitrogen and oxygen atoms in total. The molecule has 2 aliphatic rings. The number of nitrogens with zero attached hydrogens (tertiary/aromatic N) is 1. The van der Waals surface area contributed by atoms with Gasteiger partial charge in [-0.25, -0.2) is 0 Å². The van der Waals surface area contributed by atoms with Crippen LogP contribution in [0.15, 0.2) is 11.6 Å². The average molecular weight is 237 g/mol. The van der Waals surface area contributed by atoms with Gasteiger partial charge in [-0.1, -0.05) is 33.8 Å². The Morgan fingerprint density at radius 3 is 2.47 bits per heavy atom. The molecular weight excluding hydrogens is 214 g/mol. The molecular formula is C14H23NO2. The van der Waals surface area contributed by atoms with Gasteiger partial charge in [0.25, 0.3) is 0 Å². The summed E-state index contributed by atoms with van der Waals surface area (Å²) in [6.07, 6.45) is 2.24. The molecule has 0 radical (unpaired) electrons. The Balaban J connectivity index is 2.13. The van der Waals surface area contributed by atoms with Crippen LogP contribution in [-0.2, 0) is 9.53 Å². The highest BCUT2D eigenvalue weighted by Crippen LogP contribution is 2.37. The number of ketones is 1. The third-order valence-corrected chi connectivity index (χ3v) is 4.19. The molecule has 0 aromatic carbocycles. The lowest BCUT2D eigenvalue weighted by atomic mass is 9.87. The first-order valence-electron chi connectivity index (χ1n) is 6.70. The van der Waals surface area contributed by atoms with Crippen molar-refractivity contribution < 1.29 is 9.53 Å². The minimum absolute atomic E-state index is 0.0190. The lowest BCUT2D eigenvalue weighted by Crippen LogP contribution is -2.42. The number of fused-ring (bicyclic) bond motifs is 2. The van der Waals surface area contributed by atoms with E-state index in [1.165, 1.54) is 5.57 Å². The first kappa shape index (κ1) is 12.8. The zero-order valence-corrected chi connectivity index (χ0v) is 11.3. The van der Waals surface area contributed by atoms with Crippen molar-refractivity contribution in [2.75, 3.05) is 19.6 Å². The standard InChI is InChI=1S/C14H23NO2/c1-5-15(6-2)8-11-7-12-9(3)13(16)10(4)14(11)17-12/h7,9-10,12,14H,5-6,8H2,1-4H3/t9-,10-,12+,14+/m0/s1. The van der Waals surface area contributed by atoms with Gasteiger partial charge in [0.2, 0.25) is 0 Å². The van der Waals surface area contributed by atoms with Crippen LogP contribution >= 0.6 is 0 Å². The number of hydrogen-bond donors (Lipinski definition) is 0. The smallest absolute Gasteiger partial charge is 0.144 e. The fourth-order valence-corrected chi connectivity index (χ4v) is 2.88.